The van der Waals surface area contributed by atoms with E-state index in [2.05, 4.69) is 29.7 Å². The van der Waals surface area contributed by atoms with E-state index in [-0.39, 0.29) is 18.3 Å². The quantitative estimate of drug-likeness (QED) is 0.535. The number of halogens is 2. The molecule has 0 saturated carbocycles. The van der Waals surface area contributed by atoms with E-state index in [1.165, 1.54) is 11.1 Å². The van der Waals surface area contributed by atoms with Crippen LogP contribution in [0, 0.1) is 6.92 Å². The number of para-hydroxylation sites is 1. The van der Waals surface area contributed by atoms with Gasteiger partial charge in [-0.15, -0.1) is 12.4 Å². The van der Waals surface area contributed by atoms with Gasteiger partial charge < -0.3 is 19.9 Å². The number of methoxy groups -OCH3 is 1. The van der Waals surface area contributed by atoms with Gasteiger partial charge in [0.25, 0.3) is 5.91 Å². The first-order valence-corrected chi connectivity index (χ1v) is 11.3. The van der Waals surface area contributed by atoms with E-state index in [1.807, 2.05) is 29.3 Å². The van der Waals surface area contributed by atoms with Crippen LogP contribution in [0.15, 0.2) is 42.6 Å². The highest BCUT2D eigenvalue weighted by molar-refractivity contribution is 6.31. The number of carbonyl (C=O) groups excluding carboxylic acids is 1. The molecule has 0 aliphatic carbocycles. The summed E-state index contributed by atoms with van der Waals surface area (Å²) in [6, 6.07) is 12.3. The van der Waals surface area contributed by atoms with Crippen molar-refractivity contribution in [2.45, 2.75) is 38.8 Å². The normalized spacial score (nSPS) is 14.6. The molecule has 3 aromatic rings. The number of aryl methyl sites for hydroxylation is 1. The molecule has 1 saturated heterocycles. The fraction of sp³-hybridized carbons (Fsp3) is 0.400. The summed E-state index contributed by atoms with van der Waals surface area (Å²) in [4.78, 5) is 15.4. The molecule has 0 bridgehead atoms. The molecule has 4 rings (SSSR count). The van der Waals surface area contributed by atoms with E-state index >= 15 is 0 Å². The maximum atomic E-state index is 13.4. The summed E-state index contributed by atoms with van der Waals surface area (Å²) in [6.45, 7) is 5.38. The Hall–Kier alpha value is -2.05. The number of nitrogens with two attached hydrogens (primary N) is 1. The molecule has 0 unspecified atom stereocenters. The van der Waals surface area contributed by atoms with Crippen molar-refractivity contribution < 1.29 is 9.53 Å². The maximum Gasteiger partial charge on any atom is 0.256 e. The molecule has 2 heterocycles. The largest absolute Gasteiger partial charge is 0.383 e. The summed E-state index contributed by atoms with van der Waals surface area (Å²) in [5, 5.41) is 1.74. The van der Waals surface area contributed by atoms with Crippen LogP contribution in [-0.4, -0.2) is 42.2 Å². The minimum Gasteiger partial charge on any atom is -0.383 e. The van der Waals surface area contributed by atoms with Gasteiger partial charge in [0.1, 0.15) is 0 Å². The number of rotatable bonds is 6. The van der Waals surface area contributed by atoms with Gasteiger partial charge in [0.15, 0.2) is 0 Å². The molecule has 0 radical (unpaired) electrons. The highest BCUT2D eigenvalue weighted by Gasteiger charge is 2.27. The van der Waals surface area contributed by atoms with Crippen molar-refractivity contribution in [1.82, 2.24) is 9.47 Å². The van der Waals surface area contributed by atoms with Crippen molar-refractivity contribution in [1.29, 1.82) is 0 Å². The smallest absolute Gasteiger partial charge is 0.256 e. The topological polar surface area (TPSA) is 60.5 Å². The third-order valence-electron chi connectivity index (χ3n) is 6.41. The predicted octanol–water partition coefficient (Wildman–Crippen LogP) is 5.15. The zero-order valence-corrected chi connectivity index (χ0v) is 20.2. The Bertz CT molecular complexity index is 1090. The average molecular weight is 476 g/mol. The van der Waals surface area contributed by atoms with Crippen molar-refractivity contribution in [2.24, 2.45) is 5.73 Å². The van der Waals surface area contributed by atoms with Crippen LogP contribution in [-0.2, 0) is 17.8 Å². The molecular formula is C25H31Cl2N3O2. The molecule has 0 spiro atoms. The number of likely N-dealkylation sites (tertiary alicyclic amines) is 1. The fourth-order valence-electron chi connectivity index (χ4n) is 4.68. The Morgan fingerprint density at radius 1 is 1.22 bits per heavy atom. The van der Waals surface area contributed by atoms with Gasteiger partial charge in [-0.1, -0.05) is 41.9 Å². The number of hydrogen-bond acceptors (Lipinski definition) is 3. The third kappa shape index (κ3) is 4.81. The van der Waals surface area contributed by atoms with Crippen LogP contribution in [0.4, 0.5) is 0 Å². The molecule has 172 valence electrons. The van der Waals surface area contributed by atoms with Gasteiger partial charge in [-0.25, -0.2) is 0 Å². The van der Waals surface area contributed by atoms with Crippen molar-refractivity contribution in [3.8, 4) is 0 Å². The zero-order valence-electron chi connectivity index (χ0n) is 18.6. The summed E-state index contributed by atoms with van der Waals surface area (Å²) in [5.41, 5.74) is 11.1. The Labute approximate surface area is 200 Å². The van der Waals surface area contributed by atoms with Crippen LogP contribution in [0.3, 0.4) is 0 Å². The zero-order chi connectivity index (χ0) is 22.0. The summed E-state index contributed by atoms with van der Waals surface area (Å²) in [6.07, 6.45) is 3.88. The second kappa shape index (κ2) is 10.7. The first kappa shape index (κ1) is 24.6. The summed E-state index contributed by atoms with van der Waals surface area (Å²) in [7, 11) is 1.70. The Balaban J connectivity index is 0.00000289. The summed E-state index contributed by atoms with van der Waals surface area (Å²) >= 11 is 6.22. The SMILES string of the molecule is COCCn1cc(C(=O)N2CCC(c3ccc(Cl)c(CN)c3)CC2)c2cccc(C)c21.Cl. The predicted molar refractivity (Wildman–Crippen MR) is 133 cm³/mol. The van der Waals surface area contributed by atoms with Crippen molar-refractivity contribution in [3.63, 3.8) is 0 Å². The number of hydrogen-bond donors (Lipinski definition) is 1. The van der Waals surface area contributed by atoms with Gasteiger partial charge in [0.05, 0.1) is 17.7 Å². The van der Waals surface area contributed by atoms with Gasteiger partial charge in [-0.3, -0.25) is 4.79 Å². The molecule has 32 heavy (non-hydrogen) atoms. The van der Waals surface area contributed by atoms with Crippen LogP contribution >= 0.6 is 24.0 Å². The monoisotopic (exact) mass is 475 g/mol. The van der Waals surface area contributed by atoms with Crippen LogP contribution < -0.4 is 5.73 Å². The molecule has 0 atom stereocenters. The van der Waals surface area contributed by atoms with Gasteiger partial charge >= 0.3 is 0 Å². The van der Waals surface area contributed by atoms with Gasteiger partial charge in [-0.2, -0.15) is 0 Å². The highest BCUT2D eigenvalue weighted by Crippen LogP contribution is 2.32. The molecule has 2 aromatic carbocycles. The lowest BCUT2D eigenvalue weighted by Gasteiger charge is -2.32. The third-order valence-corrected chi connectivity index (χ3v) is 6.78. The number of ether oxygens (including phenoxy) is 1. The number of aromatic nitrogens is 1. The average Bonchev–Trinajstić information content (AvgIpc) is 3.17. The van der Waals surface area contributed by atoms with E-state index in [1.54, 1.807) is 7.11 Å². The highest BCUT2D eigenvalue weighted by atomic mass is 35.5. The first-order chi connectivity index (χ1) is 15.0. The number of piperidine rings is 1. The molecule has 7 heteroatoms. The lowest BCUT2D eigenvalue weighted by molar-refractivity contribution is 0.0714. The van der Waals surface area contributed by atoms with Crippen molar-refractivity contribution in [3.05, 3.63) is 69.9 Å². The summed E-state index contributed by atoms with van der Waals surface area (Å²) in [5.74, 6) is 0.542. The lowest BCUT2D eigenvalue weighted by atomic mass is 9.88. The minimum atomic E-state index is 0. The lowest BCUT2D eigenvalue weighted by Crippen LogP contribution is -2.37. The Morgan fingerprint density at radius 3 is 2.66 bits per heavy atom. The molecule has 5 nitrogen and oxygen atoms in total. The molecular weight excluding hydrogens is 445 g/mol. The number of nitrogens with zero attached hydrogens (tertiary/aromatic N) is 2. The fourth-order valence-corrected chi connectivity index (χ4v) is 4.87. The van der Waals surface area contributed by atoms with Crippen LogP contribution in [0.1, 0.15) is 45.8 Å². The molecule has 1 aliphatic rings. The van der Waals surface area contributed by atoms with E-state index in [4.69, 9.17) is 22.1 Å². The second-order valence-corrected chi connectivity index (χ2v) is 8.73. The second-order valence-electron chi connectivity index (χ2n) is 8.32. The van der Waals surface area contributed by atoms with Gasteiger partial charge in [-0.05, 0) is 48.4 Å². The van der Waals surface area contributed by atoms with E-state index in [0.717, 1.165) is 59.5 Å². The first-order valence-electron chi connectivity index (χ1n) is 10.9. The standard InChI is InChI=1S/C25H30ClN3O2.ClH/c1-17-4-3-5-21-22(16-29(24(17)21)12-13-31-2)25(30)28-10-8-18(9-11-28)19-6-7-23(26)20(14-19)15-27;/h3-7,14,16,18H,8-13,15,27H2,1-2H3;1H. The van der Waals surface area contributed by atoms with Crippen LogP contribution in [0.5, 0.6) is 0 Å². The molecule has 2 N–H and O–H groups in total. The Kier molecular flexibility index (Phi) is 8.23. The van der Waals surface area contributed by atoms with Crippen molar-refractivity contribution >= 4 is 40.8 Å². The maximum absolute atomic E-state index is 13.4. The number of carbonyl (C=O) groups is 1. The number of amides is 1. The molecule has 1 aromatic heterocycles. The molecule has 1 fully saturated rings. The molecule has 1 aliphatic heterocycles. The summed E-state index contributed by atoms with van der Waals surface area (Å²) < 4.78 is 7.42. The van der Waals surface area contributed by atoms with E-state index in [9.17, 15) is 4.79 Å². The number of fused-ring (bicyclic) bond motifs is 1. The van der Waals surface area contributed by atoms with Crippen molar-refractivity contribution in [2.75, 3.05) is 26.8 Å². The van der Waals surface area contributed by atoms with E-state index in [0.29, 0.717) is 19.1 Å². The number of benzene rings is 2. The van der Waals surface area contributed by atoms with Gasteiger partial charge in [0.2, 0.25) is 0 Å². The molecule has 1 amide bonds. The van der Waals surface area contributed by atoms with Crippen LogP contribution in [0.25, 0.3) is 10.9 Å². The van der Waals surface area contributed by atoms with Crippen LogP contribution in [0.2, 0.25) is 5.02 Å². The Morgan fingerprint density at radius 2 is 1.97 bits per heavy atom. The minimum absolute atomic E-state index is 0. The van der Waals surface area contributed by atoms with E-state index < -0.39 is 0 Å². The van der Waals surface area contributed by atoms with Gasteiger partial charge in [0, 0.05) is 49.9 Å².